The summed E-state index contributed by atoms with van der Waals surface area (Å²) in [5.41, 5.74) is 1.18. The molecule has 2 aromatic heterocycles. The van der Waals surface area contributed by atoms with Crippen molar-refractivity contribution in [3.05, 3.63) is 48.4 Å². The zero-order valence-corrected chi connectivity index (χ0v) is 14.0. The molecule has 0 aliphatic heterocycles. The lowest BCUT2D eigenvalue weighted by Gasteiger charge is -2.06. The van der Waals surface area contributed by atoms with Gasteiger partial charge in [-0.15, -0.1) is 5.10 Å². The molecule has 2 heterocycles. The molecule has 1 atom stereocenters. The summed E-state index contributed by atoms with van der Waals surface area (Å²) in [6.07, 6.45) is 3.05. The van der Waals surface area contributed by atoms with E-state index in [0.717, 1.165) is 5.56 Å². The van der Waals surface area contributed by atoms with Crippen molar-refractivity contribution in [2.45, 2.75) is 24.0 Å². The Hall–Kier alpha value is -2.74. The third kappa shape index (κ3) is 3.43. The summed E-state index contributed by atoms with van der Waals surface area (Å²) in [5, 5.41) is 9.31. The molecule has 3 rings (SSSR count). The zero-order chi connectivity index (χ0) is 17.1. The van der Waals surface area contributed by atoms with Gasteiger partial charge in [-0.2, -0.15) is 4.98 Å². The van der Waals surface area contributed by atoms with Gasteiger partial charge in [-0.05, 0) is 30.3 Å². The van der Waals surface area contributed by atoms with Crippen LogP contribution in [0.3, 0.4) is 0 Å². The van der Waals surface area contributed by atoms with Gasteiger partial charge in [0.25, 0.3) is 5.91 Å². The molecule has 0 aliphatic rings. The number of aromatic nitrogens is 3. The summed E-state index contributed by atoms with van der Waals surface area (Å²) < 4.78 is 17.0. The maximum absolute atomic E-state index is 12.2. The van der Waals surface area contributed by atoms with Crippen molar-refractivity contribution in [1.29, 1.82) is 0 Å². The number of amides is 1. The Morgan fingerprint density at radius 3 is 2.62 bits per heavy atom. The molecule has 0 bridgehead atoms. The molecule has 0 saturated heterocycles. The Labute approximate surface area is 141 Å². The van der Waals surface area contributed by atoms with E-state index in [-0.39, 0.29) is 17.1 Å². The number of benzene rings is 1. The number of aromatic amines is 1. The van der Waals surface area contributed by atoms with Gasteiger partial charge in [0.2, 0.25) is 5.95 Å². The van der Waals surface area contributed by atoms with E-state index in [9.17, 15) is 9.00 Å². The highest BCUT2D eigenvalue weighted by atomic mass is 32.2. The van der Waals surface area contributed by atoms with Crippen LogP contribution >= 0.6 is 0 Å². The number of anilines is 1. The summed E-state index contributed by atoms with van der Waals surface area (Å²) in [7, 11) is -1.08. The molecule has 3 aromatic rings. The standard InChI is InChI=1S/C16H16N4O3S/c1-10(2)24(22)13-5-3-11(4-6-13)15(21)18-16-17-14(19-20-16)12-7-8-23-9-12/h3-10H,1-2H3,(H2,17,18,19,20,21)/t24-/m0/s1. The minimum absolute atomic E-state index is 0.0271. The number of nitrogens with zero attached hydrogens (tertiary/aromatic N) is 2. The summed E-state index contributed by atoms with van der Waals surface area (Å²) in [6.45, 7) is 3.77. The molecule has 0 fully saturated rings. The van der Waals surface area contributed by atoms with Crippen LogP contribution in [-0.4, -0.2) is 30.5 Å². The van der Waals surface area contributed by atoms with E-state index in [2.05, 4.69) is 20.5 Å². The second kappa shape index (κ2) is 6.79. The molecule has 7 nitrogen and oxygen atoms in total. The number of hydrogen-bond donors (Lipinski definition) is 2. The SMILES string of the molecule is CC(C)[S@](=O)c1ccc(C(=O)Nc2n[nH]c(-c3ccoc3)n2)cc1. The van der Waals surface area contributed by atoms with E-state index in [1.54, 1.807) is 30.3 Å². The quantitative estimate of drug-likeness (QED) is 0.741. The number of carbonyl (C=O) groups excluding carboxylic acids is 1. The van der Waals surface area contributed by atoms with Crippen LogP contribution in [0.25, 0.3) is 11.4 Å². The van der Waals surface area contributed by atoms with E-state index in [1.807, 2.05) is 13.8 Å². The fourth-order valence-electron chi connectivity index (χ4n) is 2.03. The first-order valence-electron chi connectivity index (χ1n) is 7.31. The second-order valence-electron chi connectivity index (χ2n) is 5.34. The summed E-state index contributed by atoms with van der Waals surface area (Å²) in [5.74, 6) is 0.336. The Morgan fingerprint density at radius 1 is 1.25 bits per heavy atom. The predicted molar refractivity (Wildman–Crippen MR) is 90.0 cm³/mol. The number of furan rings is 1. The van der Waals surface area contributed by atoms with Crippen molar-refractivity contribution in [3.63, 3.8) is 0 Å². The van der Waals surface area contributed by atoms with Crippen LogP contribution in [0, 0.1) is 0 Å². The molecule has 0 aliphatic carbocycles. The maximum Gasteiger partial charge on any atom is 0.258 e. The lowest BCUT2D eigenvalue weighted by molar-refractivity contribution is 0.102. The first-order chi connectivity index (χ1) is 11.5. The highest BCUT2D eigenvalue weighted by Crippen LogP contribution is 2.17. The molecular formula is C16H16N4O3S. The largest absolute Gasteiger partial charge is 0.472 e. The minimum atomic E-state index is -1.08. The van der Waals surface area contributed by atoms with Crippen LogP contribution in [-0.2, 0) is 10.8 Å². The van der Waals surface area contributed by atoms with Crippen molar-refractivity contribution in [3.8, 4) is 11.4 Å². The van der Waals surface area contributed by atoms with Gasteiger partial charge in [0.1, 0.15) is 6.26 Å². The summed E-state index contributed by atoms with van der Waals surface area (Å²) >= 11 is 0. The van der Waals surface area contributed by atoms with E-state index in [4.69, 9.17) is 4.42 Å². The fraction of sp³-hybridized carbons (Fsp3) is 0.188. The Bertz CT molecular complexity index is 854. The van der Waals surface area contributed by atoms with Crippen LogP contribution in [0.15, 0.2) is 52.2 Å². The van der Waals surface area contributed by atoms with Gasteiger partial charge < -0.3 is 4.42 Å². The zero-order valence-electron chi connectivity index (χ0n) is 13.1. The molecule has 0 saturated carbocycles. The highest BCUT2D eigenvalue weighted by molar-refractivity contribution is 7.85. The first kappa shape index (κ1) is 16.1. The van der Waals surface area contributed by atoms with Crippen LogP contribution in [0.4, 0.5) is 5.95 Å². The van der Waals surface area contributed by atoms with Gasteiger partial charge in [0.15, 0.2) is 5.82 Å². The lowest BCUT2D eigenvalue weighted by Crippen LogP contribution is -2.13. The normalized spacial score (nSPS) is 12.3. The lowest BCUT2D eigenvalue weighted by atomic mass is 10.2. The number of nitrogens with one attached hydrogen (secondary N) is 2. The van der Waals surface area contributed by atoms with Crippen molar-refractivity contribution in [2.24, 2.45) is 0 Å². The topological polar surface area (TPSA) is 101 Å². The van der Waals surface area contributed by atoms with Crippen LogP contribution in [0.1, 0.15) is 24.2 Å². The van der Waals surface area contributed by atoms with Crippen molar-refractivity contribution in [1.82, 2.24) is 15.2 Å². The molecule has 2 N–H and O–H groups in total. The van der Waals surface area contributed by atoms with Crippen molar-refractivity contribution < 1.29 is 13.4 Å². The number of hydrogen-bond acceptors (Lipinski definition) is 5. The van der Waals surface area contributed by atoms with Crippen molar-refractivity contribution in [2.75, 3.05) is 5.32 Å². The van der Waals surface area contributed by atoms with Crippen LogP contribution in [0.2, 0.25) is 0 Å². The molecule has 0 radical (unpaired) electrons. The van der Waals surface area contributed by atoms with E-state index >= 15 is 0 Å². The summed E-state index contributed by atoms with van der Waals surface area (Å²) in [4.78, 5) is 17.1. The minimum Gasteiger partial charge on any atom is -0.472 e. The molecular weight excluding hydrogens is 328 g/mol. The van der Waals surface area contributed by atoms with Crippen LogP contribution < -0.4 is 5.32 Å². The third-order valence-electron chi connectivity index (χ3n) is 3.28. The predicted octanol–water partition coefficient (Wildman–Crippen LogP) is 2.83. The Morgan fingerprint density at radius 2 is 2.00 bits per heavy atom. The van der Waals surface area contributed by atoms with E-state index in [1.165, 1.54) is 12.5 Å². The van der Waals surface area contributed by atoms with Gasteiger partial charge in [-0.25, -0.2) is 0 Å². The molecule has 1 aromatic carbocycles. The molecule has 124 valence electrons. The summed E-state index contributed by atoms with van der Waals surface area (Å²) in [6, 6.07) is 8.39. The number of carbonyl (C=O) groups is 1. The van der Waals surface area contributed by atoms with Crippen molar-refractivity contribution >= 4 is 22.7 Å². The second-order valence-corrected chi connectivity index (χ2v) is 7.35. The first-order valence-corrected chi connectivity index (χ1v) is 8.53. The van der Waals surface area contributed by atoms with E-state index in [0.29, 0.717) is 16.3 Å². The van der Waals surface area contributed by atoms with Gasteiger partial charge in [-0.3, -0.25) is 19.4 Å². The number of H-pyrrole nitrogens is 1. The molecule has 0 unspecified atom stereocenters. The van der Waals surface area contributed by atoms with Crippen LogP contribution in [0.5, 0.6) is 0 Å². The monoisotopic (exact) mass is 344 g/mol. The molecule has 1 amide bonds. The molecule has 0 spiro atoms. The molecule has 24 heavy (non-hydrogen) atoms. The molecule has 8 heteroatoms. The fourth-order valence-corrected chi connectivity index (χ4v) is 2.98. The average Bonchev–Trinajstić information content (AvgIpc) is 3.25. The maximum atomic E-state index is 12.2. The Kier molecular flexibility index (Phi) is 4.57. The third-order valence-corrected chi connectivity index (χ3v) is 4.88. The Balaban J connectivity index is 1.70. The van der Waals surface area contributed by atoms with Gasteiger partial charge in [0, 0.05) is 15.7 Å². The van der Waals surface area contributed by atoms with Gasteiger partial charge in [-0.1, -0.05) is 13.8 Å². The number of rotatable bonds is 5. The smallest absolute Gasteiger partial charge is 0.258 e. The average molecular weight is 344 g/mol. The van der Waals surface area contributed by atoms with Gasteiger partial charge in [0.05, 0.1) is 22.6 Å². The highest BCUT2D eigenvalue weighted by Gasteiger charge is 2.13. The van der Waals surface area contributed by atoms with Gasteiger partial charge >= 0.3 is 0 Å². The van der Waals surface area contributed by atoms with E-state index < -0.39 is 10.8 Å².